The molecule has 2 N–H and O–H groups in total. The van der Waals surface area contributed by atoms with Gasteiger partial charge in [0.1, 0.15) is 5.01 Å². The fourth-order valence-corrected chi connectivity index (χ4v) is 3.27. The van der Waals surface area contributed by atoms with Crippen molar-refractivity contribution in [3.05, 3.63) is 40.7 Å². The standard InChI is InChI=1S/C17H22N4OS/c1-18-17(19-10-14-8-5-9-22-14)20-11-16-21-15(12-23-16)13-6-3-2-4-7-13/h2-4,6-7,12,14H,5,8-11H2,1H3,(H2,18,19,20). The first-order valence-corrected chi connectivity index (χ1v) is 8.79. The Morgan fingerprint density at radius 2 is 2.22 bits per heavy atom. The summed E-state index contributed by atoms with van der Waals surface area (Å²) in [5.41, 5.74) is 2.17. The summed E-state index contributed by atoms with van der Waals surface area (Å²) >= 11 is 1.66. The molecule has 1 aliphatic rings. The van der Waals surface area contributed by atoms with Crippen molar-refractivity contribution in [3.63, 3.8) is 0 Å². The molecule has 0 saturated carbocycles. The molecule has 0 radical (unpaired) electrons. The smallest absolute Gasteiger partial charge is 0.191 e. The molecular weight excluding hydrogens is 308 g/mol. The third kappa shape index (κ3) is 4.53. The van der Waals surface area contributed by atoms with Gasteiger partial charge in [0.15, 0.2) is 5.96 Å². The highest BCUT2D eigenvalue weighted by Gasteiger charge is 2.15. The zero-order valence-electron chi connectivity index (χ0n) is 13.3. The van der Waals surface area contributed by atoms with Crippen LogP contribution in [-0.2, 0) is 11.3 Å². The lowest BCUT2D eigenvalue weighted by Gasteiger charge is -2.14. The van der Waals surface area contributed by atoms with Crippen LogP contribution in [0, 0.1) is 0 Å². The average Bonchev–Trinajstić information content (AvgIpc) is 3.27. The van der Waals surface area contributed by atoms with E-state index in [1.807, 2.05) is 18.2 Å². The molecule has 1 unspecified atom stereocenters. The Kier molecular flexibility index (Phi) is 5.60. The molecule has 0 amide bonds. The number of guanidine groups is 1. The van der Waals surface area contributed by atoms with Crippen molar-refractivity contribution >= 4 is 17.3 Å². The number of ether oxygens (including phenoxy) is 1. The van der Waals surface area contributed by atoms with E-state index in [1.165, 1.54) is 0 Å². The Hall–Kier alpha value is -1.92. The molecule has 0 bridgehead atoms. The Balaban J connectivity index is 1.50. The maximum atomic E-state index is 5.61. The zero-order chi connectivity index (χ0) is 15.9. The van der Waals surface area contributed by atoms with Gasteiger partial charge in [-0.25, -0.2) is 4.98 Å². The highest BCUT2D eigenvalue weighted by atomic mass is 32.1. The molecule has 122 valence electrons. The predicted octanol–water partition coefficient (Wildman–Crippen LogP) is 2.65. The fraction of sp³-hybridized carbons (Fsp3) is 0.412. The molecule has 2 aromatic rings. The van der Waals surface area contributed by atoms with Gasteiger partial charge in [-0.15, -0.1) is 11.3 Å². The van der Waals surface area contributed by atoms with Crippen LogP contribution in [0.15, 0.2) is 40.7 Å². The zero-order valence-corrected chi connectivity index (χ0v) is 14.1. The maximum Gasteiger partial charge on any atom is 0.191 e. The molecule has 23 heavy (non-hydrogen) atoms. The van der Waals surface area contributed by atoms with Crippen LogP contribution in [0.25, 0.3) is 11.3 Å². The molecule has 2 heterocycles. The van der Waals surface area contributed by atoms with E-state index in [4.69, 9.17) is 4.74 Å². The lowest BCUT2D eigenvalue weighted by atomic mass is 10.2. The van der Waals surface area contributed by atoms with Gasteiger partial charge in [-0.1, -0.05) is 30.3 Å². The van der Waals surface area contributed by atoms with Gasteiger partial charge in [-0.05, 0) is 12.8 Å². The van der Waals surface area contributed by atoms with Crippen molar-refractivity contribution in [1.82, 2.24) is 15.6 Å². The molecule has 0 aliphatic carbocycles. The highest BCUT2D eigenvalue weighted by molar-refractivity contribution is 7.09. The van der Waals surface area contributed by atoms with Crippen molar-refractivity contribution in [2.75, 3.05) is 20.2 Å². The summed E-state index contributed by atoms with van der Waals surface area (Å²) in [6, 6.07) is 10.2. The Morgan fingerprint density at radius 1 is 1.35 bits per heavy atom. The fourth-order valence-electron chi connectivity index (χ4n) is 2.53. The molecule has 1 aromatic heterocycles. The molecule has 1 saturated heterocycles. The number of nitrogens with one attached hydrogen (secondary N) is 2. The highest BCUT2D eigenvalue weighted by Crippen LogP contribution is 2.21. The molecule has 5 nitrogen and oxygen atoms in total. The Labute approximate surface area is 140 Å². The summed E-state index contributed by atoms with van der Waals surface area (Å²) in [5.74, 6) is 0.789. The van der Waals surface area contributed by atoms with Crippen molar-refractivity contribution in [1.29, 1.82) is 0 Å². The quantitative estimate of drug-likeness (QED) is 0.654. The first kappa shape index (κ1) is 16.0. The molecule has 1 fully saturated rings. The number of nitrogens with zero attached hydrogens (tertiary/aromatic N) is 2. The van der Waals surface area contributed by atoms with Crippen LogP contribution in [0.3, 0.4) is 0 Å². The van der Waals surface area contributed by atoms with Crippen LogP contribution in [0.1, 0.15) is 17.8 Å². The molecule has 6 heteroatoms. The first-order chi connectivity index (χ1) is 11.3. The van der Waals surface area contributed by atoms with Crippen LogP contribution < -0.4 is 10.6 Å². The summed E-state index contributed by atoms with van der Waals surface area (Å²) in [7, 11) is 1.78. The second-order valence-corrected chi connectivity index (χ2v) is 6.38. The number of thiazole rings is 1. The average molecular weight is 330 g/mol. The Bertz CT molecular complexity index is 635. The van der Waals surface area contributed by atoms with E-state index < -0.39 is 0 Å². The van der Waals surface area contributed by atoms with E-state index in [0.717, 1.165) is 48.2 Å². The molecule has 1 aromatic carbocycles. The van der Waals surface area contributed by atoms with E-state index in [9.17, 15) is 0 Å². The number of aromatic nitrogens is 1. The van der Waals surface area contributed by atoms with Crippen LogP contribution >= 0.6 is 11.3 Å². The van der Waals surface area contributed by atoms with Crippen LogP contribution in [0.4, 0.5) is 0 Å². The summed E-state index contributed by atoms with van der Waals surface area (Å²) in [5, 5.41) is 9.75. The minimum Gasteiger partial charge on any atom is -0.376 e. The van der Waals surface area contributed by atoms with E-state index in [2.05, 4.69) is 38.1 Å². The summed E-state index contributed by atoms with van der Waals surface area (Å²) in [4.78, 5) is 8.92. The van der Waals surface area contributed by atoms with Gasteiger partial charge in [-0.3, -0.25) is 4.99 Å². The molecule has 1 aliphatic heterocycles. The second-order valence-electron chi connectivity index (χ2n) is 5.43. The molecule has 1 atom stereocenters. The van der Waals surface area contributed by atoms with Gasteiger partial charge in [0, 0.05) is 31.1 Å². The van der Waals surface area contributed by atoms with Crippen molar-refractivity contribution in [2.24, 2.45) is 4.99 Å². The third-order valence-corrected chi connectivity index (χ3v) is 4.62. The van der Waals surface area contributed by atoms with Gasteiger partial charge in [0.2, 0.25) is 0 Å². The lowest BCUT2D eigenvalue weighted by molar-refractivity contribution is 0.114. The lowest BCUT2D eigenvalue weighted by Crippen LogP contribution is -2.40. The third-order valence-electron chi connectivity index (χ3n) is 3.77. The monoisotopic (exact) mass is 330 g/mol. The largest absolute Gasteiger partial charge is 0.376 e. The number of benzene rings is 1. The topological polar surface area (TPSA) is 58.5 Å². The minimum atomic E-state index is 0.304. The van der Waals surface area contributed by atoms with E-state index in [0.29, 0.717) is 12.6 Å². The second kappa shape index (κ2) is 8.08. The predicted molar refractivity (Wildman–Crippen MR) is 94.7 cm³/mol. The van der Waals surface area contributed by atoms with E-state index >= 15 is 0 Å². The van der Waals surface area contributed by atoms with Crippen molar-refractivity contribution in [2.45, 2.75) is 25.5 Å². The van der Waals surface area contributed by atoms with Crippen molar-refractivity contribution in [3.8, 4) is 11.3 Å². The van der Waals surface area contributed by atoms with Gasteiger partial charge in [-0.2, -0.15) is 0 Å². The number of rotatable bonds is 5. The normalized spacial score (nSPS) is 18.1. The van der Waals surface area contributed by atoms with Crippen molar-refractivity contribution < 1.29 is 4.74 Å². The summed E-state index contributed by atoms with van der Waals surface area (Å²) in [6.07, 6.45) is 2.58. The minimum absolute atomic E-state index is 0.304. The van der Waals surface area contributed by atoms with Gasteiger partial charge < -0.3 is 15.4 Å². The van der Waals surface area contributed by atoms with Crippen LogP contribution in [0.2, 0.25) is 0 Å². The molecule has 0 spiro atoms. The summed E-state index contributed by atoms with van der Waals surface area (Å²) in [6.45, 7) is 2.34. The first-order valence-electron chi connectivity index (χ1n) is 7.91. The van der Waals surface area contributed by atoms with E-state index in [1.54, 1.807) is 18.4 Å². The molecular formula is C17H22N4OS. The van der Waals surface area contributed by atoms with Crippen LogP contribution in [0.5, 0.6) is 0 Å². The number of hydrogen-bond donors (Lipinski definition) is 2. The summed E-state index contributed by atoms with van der Waals surface area (Å²) < 4.78 is 5.61. The van der Waals surface area contributed by atoms with Gasteiger partial charge in [0.25, 0.3) is 0 Å². The molecule has 3 rings (SSSR count). The number of hydrogen-bond acceptors (Lipinski definition) is 4. The maximum absolute atomic E-state index is 5.61. The van der Waals surface area contributed by atoms with Crippen LogP contribution in [-0.4, -0.2) is 37.2 Å². The van der Waals surface area contributed by atoms with Gasteiger partial charge >= 0.3 is 0 Å². The SMILES string of the molecule is CN=C(NCc1nc(-c2ccccc2)cs1)NCC1CCCO1. The van der Waals surface area contributed by atoms with E-state index in [-0.39, 0.29) is 0 Å². The Morgan fingerprint density at radius 3 is 2.96 bits per heavy atom. The number of aliphatic imine (C=N–C) groups is 1. The van der Waals surface area contributed by atoms with Gasteiger partial charge in [0.05, 0.1) is 18.3 Å².